The smallest absolute Gasteiger partial charge is 0.338 e. The van der Waals surface area contributed by atoms with Crippen LogP contribution in [0.2, 0.25) is 10.0 Å². The minimum atomic E-state index is -1.33. The lowest BCUT2D eigenvalue weighted by atomic mass is 10.1. The maximum absolute atomic E-state index is 15.4. The molecule has 4 aromatic heterocycles. The van der Waals surface area contributed by atoms with Gasteiger partial charge in [-0.1, -0.05) is 64.9 Å². The standard InChI is InChI=1S/C24H20ClF2N3O2S.C23H18ClF2N3O2S/c1-2-29-12-15(11-28-29)30-22(13-6-7-13)24(16-8-9-17(25)21(27)23(16)30)33-18-5-3-4-14(20(18)26)10-19(31)32;1-2-28-11-13(10-27-28)29-20(12-6-7-12)22(15-8-9-16(24)19(26)21(15)29)32-17-5-3-4-14(18(17)25)23(30)31/h3-5,8-9,11-13H,2,6-7,10H2,1H3,(H,31,32);3-5,8-12H,2,6-7H2,1H3,(H,30,31). The lowest BCUT2D eigenvalue weighted by molar-refractivity contribution is -0.136. The van der Waals surface area contributed by atoms with Gasteiger partial charge in [0.25, 0.3) is 0 Å². The summed E-state index contributed by atoms with van der Waals surface area (Å²) in [6.45, 7) is 5.27. The number of hydrogen-bond acceptors (Lipinski definition) is 6. The Bertz CT molecular complexity index is 3190. The van der Waals surface area contributed by atoms with Crippen molar-refractivity contribution in [2.24, 2.45) is 0 Å². The summed E-state index contributed by atoms with van der Waals surface area (Å²) in [5.41, 5.74) is 3.55. The van der Waals surface area contributed by atoms with Gasteiger partial charge in [-0.25, -0.2) is 22.4 Å². The number of nitrogens with zero attached hydrogens (tertiary/aromatic N) is 6. The Balaban J connectivity index is 0.000000164. The second kappa shape index (κ2) is 17.9. The van der Waals surface area contributed by atoms with Crippen LogP contribution in [0.4, 0.5) is 17.6 Å². The average molecular weight is 962 g/mol. The number of carboxylic acids is 2. The van der Waals surface area contributed by atoms with E-state index >= 15 is 13.2 Å². The first-order valence-corrected chi connectivity index (χ1v) is 23.1. The Labute approximate surface area is 387 Å². The lowest BCUT2D eigenvalue weighted by Crippen LogP contribution is -2.03. The molecule has 2 N–H and O–H groups in total. The molecule has 334 valence electrons. The molecule has 4 aromatic carbocycles. The fourth-order valence-corrected chi connectivity index (χ4v) is 10.7. The molecule has 65 heavy (non-hydrogen) atoms. The van der Waals surface area contributed by atoms with E-state index in [0.29, 0.717) is 50.4 Å². The fraction of sp³-hybridized carbons (Fsp3) is 0.234. The Morgan fingerprint density at radius 2 is 1.12 bits per heavy atom. The molecule has 18 heteroatoms. The van der Waals surface area contributed by atoms with Crippen LogP contribution in [0.5, 0.6) is 0 Å². The van der Waals surface area contributed by atoms with E-state index in [1.165, 1.54) is 48.2 Å². The van der Waals surface area contributed by atoms with E-state index in [9.17, 15) is 19.1 Å². The first-order chi connectivity index (χ1) is 31.3. The van der Waals surface area contributed by atoms with Gasteiger partial charge in [0, 0.05) is 84.6 Å². The van der Waals surface area contributed by atoms with Crippen molar-refractivity contribution in [2.75, 3.05) is 0 Å². The van der Waals surface area contributed by atoms with Crippen molar-refractivity contribution in [3.05, 3.63) is 141 Å². The molecular formula is C47H38Cl2F4N6O4S2. The number of aromatic nitrogens is 6. The maximum atomic E-state index is 15.4. The summed E-state index contributed by atoms with van der Waals surface area (Å²) in [7, 11) is 0. The van der Waals surface area contributed by atoms with Gasteiger partial charge in [-0.05, 0) is 82.0 Å². The van der Waals surface area contributed by atoms with E-state index in [1.807, 2.05) is 35.4 Å². The summed E-state index contributed by atoms with van der Waals surface area (Å²) < 4.78 is 68.1. The third-order valence-corrected chi connectivity index (χ3v) is 14.3. The van der Waals surface area contributed by atoms with Crippen molar-refractivity contribution >= 4 is 80.5 Å². The zero-order valence-electron chi connectivity index (χ0n) is 34.7. The largest absolute Gasteiger partial charge is 0.481 e. The molecule has 2 saturated carbocycles. The van der Waals surface area contributed by atoms with Crippen molar-refractivity contribution in [1.29, 1.82) is 0 Å². The van der Waals surface area contributed by atoms with Crippen LogP contribution in [0.3, 0.4) is 0 Å². The molecule has 4 heterocycles. The first-order valence-electron chi connectivity index (χ1n) is 20.8. The van der Waals surface area contributed by atoms with Gasteiger partial charge in [0.05, 0.1) is 56.8 Å². The van der Waals surface area contributed by atoms with Crippen LogP contribution in [-0.2, 0) is 24.3 Å². The Morgan fingerprint density at radius 3 is 1.54 bits per heavy atom. The van der Waals surface area contributed by atoms with Crippen molar-refractivity contribution in [1.82, 2.24) is 28.7 Å². The summed E-state index contributed by atoms with van der Waals surface area (Å²) in [5.74, 6) is -4.52. The highest BCUT2D eigenvalue weighted by Crippen LogP contribution is 2.53. The molecule has 0 spiro atoms. The minimum Gasteiger partial charge on any atom is -0.481 e. The average Bonchev–Trinajstić information content (AvgIpc) is 4.14. The minimum absolute atomic E-state index is 0.00270. The van der Waals surface area contributed by atoms with Crippen LogP contribution in [0.1, 0.15) is 78.7 Å². The molecule has 0 unspecified atom stereocenters. The summed E-state index contributed by atoms with van der Waals surface area (Å²) in [6.07, 6.45) is 10.4. The van der Waals surface area contributed by atoms with Crippen LogP contribution >= 0.6 is 46.7 Å². The number of hydrogen-bond donors (Lipinski definition) is 2. The van der Waals surface area contributed by atoms with Crippen molar-refractivity contribution in [3.8, 4) is 11.4 Å². The summed E-state index contributed by atoms with van der Waals surface area (Å²) >= 11 is 14.6. The van der Waals surface area contributed by atoms with E-state index in [4.69, 9.17) is 28.3 Å². The third-order valence-electron chi connectivity index (χ3n) is 11.4. The fourth-order valence-electron chi connectivity index (χ4n) is 8.00. The summed E-state index contributed by atoms with van der Waals surface area (Å²) in [6, 6.07) is 15.5. The molecule has 0 aliphatic heterocycles. The topological polar surface area (TPSA) is 120 Å². The zero-order chi connectivity index (χ0) is 45.8. The molecule has 2 aliphatic carbocycles. The number of carbonyl (C=O) groups is 2. The maximum Gasteiger partial charge on any atom is 0.338 e. The second-order valence-corrected chi connectivity index (χ2v) is 18.6. The quantitative estimate of drug-likeness (QED) is 0.110. The van der Waals surface area contributed by atoms with Gasteiger partial charge in [0.1, 0.15) is 5.82 Å². The molecule has 10 rings (SSSR count). The normalized spacial score (nSPS) is 13.7. The van der Waals surface area contributed by atoms with Gasteiger partial charge in [0.15, 0.2) is 17.5 Å². The van der Waals surface area contributed by atoms with Crippen LogP contribution in [-0.4, -0.2) is 50.8 Å². The molecule has 0 atom stereocenters. The van der Waals surface area contributed by atoms with Gasteiger partial charge < -0.3 is 19.3 Å². The zero-order valence-corrected chi connectivity index (χ0v) is 37.8. The molecule has 2 fully saturated rings. The molecule has 0 saturated heterocycles. The Kier molecular flexibility index (Phi) is 12.3. The Hall–Kier alpha value is -5.68. The molecule has 0 radical (unpaired) electrons. The monoisotopic (exact) mass is 960 g/mol. The van der Waals surface area contributed by atoms with Crippen LogP contribution in [0, 0.1) is 23.3 Å². The number of carboxylic acid groups (broad SMARTS) is 2. The number of aliphatic carboxylic acids is 1. The van der Waals surface area contributed by atoms with E-state index in [-0.39, 0.29) is 32.3 Å². The van der Waals surface area contributed by atoms with E-state index in [0.717, 1.165) is 59.4 Å². The van der Waals surface area contributed by atoms with Crippen LogP contribution in [0.25, 0.3) is 33.2 Å². The number of aromatic carboxylic acids is 1. The first kappa shape index (κ1) is 44.5. The second-order valence-electron chi connectivity index (χ2n) is 15.7. The number of halogens is 6. The predicted molar refractivity (Wildman–Crippen MR) is 243 cm³/mol. The number of aryl methyl sites for hydroxylation is 2. The number of benzene rings is 4. The van der Waals surface area contributed by atoms with Crippen molar-refractivity contribution in [3.63, 3.8) is 0 Å². The highest BCUT2D eigenvalue weighted by Gasteiger charge is 2.36. The third kappa shape index (κ3) is 8.41. The number of rotatable bonds is 13. The highest BCUT2D eigenvalue weighted by molar-refractivity contribution is 8.00. The van der Waals surface area contributed by atoms with E-state index < -0.39 is 47.2 Å². The van der Waals surface area contributed by atoms with Crippen LogP contribution in [0.15, 0.2) is 105 Å². The predicted octanol–water partition coefficient (Wildman–Crippen LogP) is 12.9. The molecule has 0 bridgehead atoms. The van der Waals surface area contributed by atoms with Gasteiger partial charge in [-0.15, -0.1) is 0 Å². The molecule has 0 amide bonds. The SMILES string of the molecule is CCn1cc(-n2c(C3CC3)c(Sc3cccc(C(=O)O)c3F)c3ccc(Cl)c(F)c32)cn1.CCn1cc(-n2c(C3CC3)c(Sc3cccc(CC(=O)O)c3F)c3ccc(Cl)c(F)c32)cn1. The highest BCUT2D eigenvalue weighted by atomic mass is 35.5. The summed E-state index contributed by atoms with van der Waals surface area (Å²) in [4.78, 5) is 24.5. The van der Waals surface area contributed by atoms with Crippen molar-refractivity contribution < 1.29 is 37.4 Å². The summed E-state index contributed by atoms with van der Waals surface area (Å²) in [5, 5.41) is 28.3. The molecule has 10 nitrogen and oxygen atoms in total. The van der Waals surface area contributed by atoms with Gasteiger partial charge in [-0.2, -0.15) is 10.2 Å². The lowest BCUT2D eigenvalue weighted by Gasteiger charge is -2.11. The molecular weight excluding hydrogens is 924 g/mol. The van der Waals surface area contributed by atoms with Gasteiger partial charge in [-0.3, -0.25) is 14.2 Å². The molecule has 2 aliphatic rings. The Morgan fingerprint density at radius 1 is 0.662 bits per heavy atom. The van der Waals surface area contributed by atoms with Crippen LogP contribution < -0.4 is 0 Å². The van der Waals surface area contributed by atoms with Crippen molar-refractivity contribution in [2.45, 2.75) is 90.5 Å². The van der Waals surface area contributed by atoms with E-state index in [1.54, 1.807) is 46.0 Å². The van der Waals surface area contributed by atoms with Gasteiger partial charge in [0.2, 0.25) is 0 Å². The number of fused-ring (bicyclic) bond motifs is 2. The van der Waals surface area contributed by atoms with E-state index in [2.05, 4.69) is 10.2 Å². The molecule has 8 aromatic rings. The van der Waals surface area contributed by atoms with Gasteiger partial charge >= 0.3 is 11.9 Å².